The Kier molecular flexibility index (Phi) is 5.58. The zero-order valence-electron chi connectivity index (χ0n) is 17.9. The number of hydrogen-bond acceptors (Lipinski definition) is 7. The summed E-state index contributed by atoms with van der Waals surface area (Å²) in [7, 11) is 0. The quantitative estimate of drug-likeness (QED) is 0.389. The Morgan fingerprint density at radius 3 is 2.60 bits per heavy atom. The zero-order chi connectivity index (χ0) is 21.4. The molecule has 6 nitrogen and oxygen atoms in total. The molecule has 0 saturated carbocycles. The predicted octanol–water partition coefficient (Wildman–Crippen LogP) is 5.36. The number of fused-ring (bicyclic) bond motifs is 2. The number of thiophene rings is 1. The fourth-order valence-corrected chi connectivity index (χ4v) is 4.57. The average molecular weight is 424 g/mol. The number of aryl methyl sites for hydroxylation is 3. The van der Waals surface area contributed by atoms with Gasteiger partial charge in [-0.3, -0.25) is 4.90 Å². The minimum atomic E-state index is -0.368. The van der Waals surface area contributed by atoms with Crippen LogP contribution < -0.4 is 10.4 Å². The Hall–Kier alpha value is -2.77. The Bertz CT molecular complexity index is 1290. The lowest BCUT2D eigenvalue weighted by molar-refractivity contribution is 0.287. The summed E-state index contributed by atoms with van der Waals surface area (Å²) < 4.78 is 11.6. The van der Waals surface area contributed by atoms with Gasteiger partial charge in [-0.1, -0.05) is 13.8 Å². The first kappa shape index (κ1) is 20.5. The molecule has 30 heavy (non-hydrogen) atoms. The summed E-state index contributed by atoms with van der Waals surface area (Å²) in [5, 5.41) is 1.83. The summed E-state index contributed by atoms with van der Waals surface area (Å²) >= 11 is 1.66. The Morgan fingerprint density at radius 1 is 1.10 bits per heavy atom. The van der Waals surface area contributed by atoms with E-state index in [2.05, 4.69) is 32.6 Å². The van der Waals surface area contributed by atoms with Crippen LogP contribution in [0.15, 0.2) is 33.5 Å². The highest BCUT2D eigenvalue weighted by molar-refractivity contribution is 7.18. The maximum atomic E-state index is 11.8. The third kappa shape index (κ3) is 3.82. The summed E-state index contributed by atoms with van der Waals surface area (Å²) in [6, 6.07) is 7.02. The molecule has 4 aromatic rings. The van der Waals surface area contributed by atoms with Crippen LogP contribution in [-0.4, -0.2) is 28.0 Å². The van der Waals surface area contributed by atoms with E-state index in [0.717, 1.165) is 45.6 Å². The van der Waals surface area contributed by atoms with E-state index in [1.807, 2.05) is 19.1 Å². The molecule has 1 aromatic carbocycles. The van der Waals surface area contributed by atoms with E-state index in [1.54, 1.807) is 17.4 Å². The molecule has 0 aliphatic carbocycles. The molecule has 0 unspecified atom stereocenters. The second-order valence-corrected chi connectivity index (χ2v) is 8.58. The molecule has 0 atom stereocenters. The normalized spacial score (nSPS) is 11.7. The molecule has 0 radical (unpaired) electrons. The van der Waals surface area contributed by atoms with Crippen molar-refractivity contribution in [3.05, 3.63) is 56.5 Å². The SMILES string of the molecule is CCN(CC)Cc1nc(Oc2ccc3c(C)cc(=O)oc3c2)c2c(C)c(C)sc2n1. The third-order valence-electron chi connectivity index (χ3n) is 5.44. The van der Waals surface area contributed by atoms with Crippen LogP contribution in [0.4, 0.5) is 0 Å². The molecule has 0 aliphatic heterocycles. The molecule has 0 aliphatic rings. The molecule has 0 saturated heterocycles. The Morgan fingerprint density at radius 2 is 1.87 bits per heavy atom. The van der Waals surface area contributed by atoms with E-state index < -0.39 is 0 Å². The fourth-order valence-electron chi connectivity index (χ4n) is 3.53. The number of aromatic nitrogens is 2. The van der Waals surface area contributed by atoms with Gasteiger partial charge in [0, 0.05) is 22.4 Å². The average Bonchev–Trinajstić information content (AvgIpc) is 2.99. The minimum absolute atomic E-state index is 0.368. The summed E-state index contributed by atoms with van der Waals surface area (Å²) in [4.78, 5) is 25.7. The number of rotatable bonds is 6. The first-order valence-electron chi connectivity index (χ1n) is 10.1. The summed E-state index contributed by atoms with van der Waals surface area (Å²) in [6.07, 6.45) is 0. The number of benzene rings is 1. The molecule has 0 amide bonds. The van der Waals surface area contributed by atoms with E-state index in [1.165, 1.54) is 10.9 Å². The second kappa shape index (κ2) is 8.16. The van der Waals surface area contributed by atoms with Gasteiger partial charge in [0.1, 0.15) is 22.0 Å². The van der Waals surface area contributed by atoms with Crippen molar-refractivity contribution < 1.29 is 9.15 Å². The van der Waals surface area contributed by atoms with Crippen LogP contribution in [0.1, 0.15) is 35.7 Å². The predicted molar refractivity (Wildman–Crippen MR) is 121 cm³/mol. The third-order valence-corrected chi connectivity index (χ3v) is 6.54. The van der Waals surface area contributed by atoms with Gasteiger partial charge in [0.25, 0.3) is 0 Å². The fraction of sp³-hybridized carbons (Fsp3) is 0.348. The van der Waals surface area contributed by atoms with Crippen LogP contribution in [0.5, 0.6) is 11.6 Å². The van der Waals surface area contributed by atoms with E-state index in [0.29, 0.717) is 23.8 Å². The van der Waals surface area contributed by atoms with Crippen LogP contribution in [0.25, 0.3) is 21.2 Å². The first-order chi connectivity index (χ1) is 14.4. The Balaban J connectivity index is 1.80. The molecule has 0 spiro atoms. The van der Waals surface area contributed by atoms with Gasteiger partial charge in [-0.25, -0.2) is 9.78 Å². The molecular formula is C23H25N3O3S. The highest BCUT2D eigenvalue weighted by Gasteiger charge is 2.18. The molecule has 0 fully saturated rings. The van der Waals surface area contributed by atoms with Crippen molar-refractivity contribution in [2.45, 2.75) is 41.2 Å². The highest BCUT2D eigenvalue weighted by Crippen LogP contribution is 2.37. The monoisotopic (exact) mass is 423 g/mol. The van der Waals surface area contributed by atoms with Crippen molar-refractivity contribution >= 4 is 32.5 Å². The lowest BCUT2D eigenvalue weighted by atomic mass is 10.1. The van der Waals surface area contributed by atoms with Crippen molar-refractivity contribution in [3.63, 3.8) is 0 Å². The van der Waals surface area contributed by atoms with Gasteiger partial charge in [0.15, 0.2) is 0 Å². The summed E-state index contributed by atoms with van der Waals surface area (Å²) in [5.41, 5.74) is 2.14. The van der Waals surface area contributed by atoms with Crippen LogP contribution >= 0.6 is 11.3 Å². The topological polar surface area (TPSA) is 68.5 Å². The van der Waals surface area contributed by atoms with Gasteiger partial charge in [-0.2, -0.15) is 4.98 Å². The summed E-state index contributed by atoms with van der Waals surface area (Å²) in [6.45, 7) is 12.8. The molecule has 0 bridgehead atoms. The smallest absolute Gasteiger partial charge is 0.336 e. The molecule has 4 rings (SSSR count). The van der Waals surface area contributed by atoms with Crippen molar-refractivity contribution in [1.82, 2.24) is 14.9 Å². The Labute approximate surface area is 179 Å². The van der Waals surface area contributed by atoms with Crippen LogP contribution in [-0.2, 0) is 6.54 Å². The van der Waals surface area contributed by atoms with Crippen LogP contribution in [0, 0.1) is 20.8 Å². The number of ether oxygens (including phenoxy) is 1. The van der Waals surface area contributed by atoms with Crippen molar-refractivity contribution in [2.24, 2.45) is 0 Å². The maximum Gasteiger partial charge on any atom is 0.336 e. The van der Waals surface area contributed by atoms with Crippen molar-refractivity contribution in [3.8, 4) is 11.6 Å². The van der Waals surface area contributed by atoms with Gasteiger partial charge >= 0.3 is 5.63 Å². The standard InChI is InChI=1S/C23H25N3O3S/c1-6-26(7-2)12-19-24-22(21-14(4)15(5)30-23(21)25-19)28-16-8-9-17-13(3)10-20(27)29-18(17)11-16/h8-11H,6-7,12H2,1-5H3. The highest BCUT2D eigenvalue weighted by atomic mass is 32.1. The van der Waals surface area contributed by atoms with Crippen LogP contribution in [0.3, 0.4) is 0 Å². The van der Waals surface area contributed by atoms with Crippen LogP contribution in [0.2, 0.25) is 0 Å². The second-order valence-electron chi connectivity index (χ2n) is 7.38. The molecule has 7 heteroatoms. The molecule has 156 valence electrons. The largest absolute Gasteiger partial charge is 0.438 e. The van der Waals surface area contributed by atoms with E-state index in [-0.39, 0.29) is 5.63 Å². The molecule has 3 aromatic heterocycles. The number of hydrogen-bond donors (Lipinski definition) is 0. The van der Waals surface area contributed by atoms with E-state index >= 15 is 0 Å². The first-order valence-corrected chi connectivity index (χ1v) is 10.9. The lowest BCUT2D eigenvalue weighted by Gasteiger charge is -2.17. The van der Waals surface area contributed by atoms with E-state index in [4.69, 9.17) is 19.1 Å². The van der Waals surface area contributed by atoms with Crippen molar-refractivity contribution in [2.75, 3.05) is 13.1 Å². The lowest BCUT2D eigenvalue weighted by Crippen LogP contribution is -2.23. The number of nitrogens with zero attached hydrogens (tertiary/aromatic N) is 3. The molecule has 3 heterocycles. The maximum absolute atomic E-state index is 11.8. The van der Waals surface area contributed by atoms with Gasteiger partial charge in [0.05, 0.1) is 11.9 Å². The van der Waals surface area contributed by atoms with Gasteiger partial charge < -0.3 is 9.15 Å². The summed E-state index contributed by atoms with van der Waals surface area (Å²) in [5.74, 6) is 1.86. The molecular weight excluding hydrogens is 398 g/mol. The molecule has 0 N–H and O–H groups in total. The zero-order valence-corrected chi connectivity index (χ0v) is 18.7. The van der Waals surface area contributed by atoms with Gasteiger partial charge in [0.2, 0.25) is 5.88 Å². The van der Waals surface area contributed by atoms with Gasteiger partial charge in [-0.05, 0) is 57.1 Å². The van der Waals surface area contributed by atoms with Crippen molar-refractivity contribution in [1.29, 1.82) is 0 Å². The van der Waals surface area contributed by atoms with Gasteiger partial charge in [-0.15, -0.1) is 11.3 Å². The minimum Gasteiger partial charge on any atom is -0.438 e. The van der Waals surface area contributed by atoms with E-state index in [9.17, 15) is 4.79 Å².